The quantitative estimate of drug-likeness (QED) is 0.699. The first-order chi connectivity index (χ1) is 10.1. The second kappa shape index (κ2) is 7.25. The molecule has 0 unspecified atom stereocenters. The zero-order valence-electron chi connectivity index (χ0n) is 11.6. The van der Waals surface area contributed by atoms with Crippen molar-refractivity contribution in [2.24, 2.45) is 0 Å². The van der Waals surface area contributed by atoms with E-state index in [-0.39, 0.29) is 11.4 Å². The van der Waals surface area contributed by atoms with Gasteiger partial charge in [-0.15, -0.1) is 10.2 Å². The van der Waals surface area contributed by atoms with Crippen LogP contribution in [0.5, 0.6) is 0 Å². The van der Waals surface area contributed by atoms with Crippen molar-refractivity contribution in [2.45, 2.75) is 24.4 Å². The lowest BCUT2D eigenvalue weighted by Crippen LogP contribution is -2.25. The zero-order valence-corrected chi connectivity index (χ0v) is 12.5. The summed E-state index contributed by atoms with van der Waals surface area (Å²) in [4.78, 5) is 3.92. The highest BCUT2D eigenvalue weighted by atomic mass is 32.2. The summed E-state index contributed by atoms with van der Waals surface area (Å²) < 4.78 is 33.4. The number of aromatic nitrogens is 4. The van der Waals surface area contributed by atoms with Gasteiger partial charge in [-0.2, -0.15) is 0 Å². The molecule has 8 nitrogen and oxygen atoms in total. The predicted molar refractivity (Wildman–Crippen MR) is 74.8 cm³/mol. The Balaban J connectivity index is 1.99. The summed E-state index contributed by atoms with van der Waals surface area (Å²) in [7, 11) is -1.96. The maximum Gasteiger partial charge on any atom is 0.242 e. The van der Waals surface area contributed by atoms with Crippen LogP contribution in [0.4, 0.5) is 0 Å². The lowest BCUT2D eigenvalue weighted by molar-refractivity contribution is 0.190. The maximum absolute atomic E-state index is 12.1. The third-order valence-corrected chi connectivity index (χ3v) is 4.19. The van der Waals surface area contributed by atoms with Gasteiger partial charge in [0.05, 0.1) is 6.54 Å². The van der Waals surface area contributed by atoms with Gasteiger partial charge in [0.25, 0.3) is 0 Å². The van der Waals surface area contributed by atoms with Crippen LogP contribution in [0.15, 0.2) is 35.7 Å². The number of hydrogen-bond donors (Lipinski definition) is 1. The predicted octanol–water partition coefficient (Wildman–Crippen LogP) is 0.188. The van der Waals surface area contributed by atoms with Crippen LogP contribution in [-0.4, -0.2) is 41.9 Å². The topological polar surface area (TPSA) is 99.0 Å². The van der Waals surface area contributed by atoms with E-state index in [1.54, 1.807) is 24.1 Å². The summed E-state index contributed by atoms with van der Waals surface area (Å²) in [5.41, 5.74) is 0. The summed E-state index contributed by atoms with van der Waals surface area (Å²) in [6.45, 7) is 1.37. The fourth-order valence-electron chi connectivity index (χ4n) is 1.73. The summed E-state index contributed by atoms with van der Waals surface area (Å²) in [5.74, 6) is 0.554. The van der Waals surface area contributed by atoms with Crippen molar-refractivity contribution in [3.63, 3.8) is 0 Å². The van der Waals surface area contributed by atoms with E-state index in [2.05, 4.69) is 19.9 Å². The highest BCUT2D eigenvalue weighted by molar-refractivity contribution is 7.89. The number of pyridine rings is 1. The Kier molecular flexibility index (Phi) is 5.37. The summed E-state index contributed by atoms with van der Waals surface area (Å²) >= 11 is 0. The van der Waals surface area contributed by atoms with Crippen molar-refractivity contribution in [1.29, 1.82) is 0 Å². The standard InChI is InChI=1S/C12H17N5O3S/c1-20-7-3-6-17-10-14-16-12(17)9-15-21(18,19)11-4-2-5-13-8-11/h2,4-5,8,10,15H,3,6-7,9H2,1H3. The first-order valence-corrected chi connectivity index (χ1v) is 7.87. The molecule has 0 atom stereocenters. The van der Waals surface area contributed by atoms with E-state index < -0.39 is 10.0 Å². The van der Waals surface area contributed by atoms with Crippen molar-refractivity contribution >= 4 is 10.0 Å². The van der Waals surface area contributed by atoms with Gasteiger partial charge in [-0.3, -0.25) is 4.98 Å². The third kappa shape index (κ3) is 4.31. The Morgan fingerprint density at radius 2 is 2.29 bits per heavy atom. The minimum atomic E-state index is -3.60. The molecule has 0 radical (unpaired) electrons. The molecule has 0 amide bonds. The van der Waals surface area contributed by atoms with Crippen molar-refractivity contribution in [3.05, 3.63) is 36.7 Å². The Morgan fingerprint density at radius 3 is 3.00 bits per heavy atom. The van der Waals surface area contributed by atoms with E-state index in [9.17, 15) is 8.42 Å². The number of sulfonamides is 1. The van der Waals surface area contributed by atoms with Gasteiger partial charge >= 0.3 is 0 Å². The maximum atomic E-state index is 12.1. The Morgan fingerprint density at radius 1 is 1.43 bits per heavy atom. The van der Waals surface area contributed by atoms with Gasteiger partial charge < -0.3 is 9.30 Å². The molecule has 0 aliphatic rings. The van der Waals surface area contributed by atoms with Gasteiger partial charge in [0, 0.05) is 32.7 Å². The zero-order chi connectivity index (χ0) is 15.1. The molecule has 0 saturated carbocycles. The Bertz CT molecular complexity index is 657. The summed E-state index contributed by atoms with van der Waals surface area (Å²) in [6, 6.07) is 3.06. The van der Waals surface area contributed by atoms with Gasteiger partial charge in [-0.1, -0.05) is 0 Å². The molecule has 2 aromatic heterocycles. The summed E-state index contributed by atoms with van der Waals surface area (Å²) in [5, 5.41) is 7.72. The van der Waals surface area contributed by atoms with Crippen LogP contribution < -0.4 is 4.72 Å². The number of methoxy groups -OCH3 is 1. The molecule has 0 fully saturated rings. The van der Waals surface area contributed by atoms with Crippen molar-refractivity contribution in [2.75, 3.05) is 13.7 Å². The van der Waals surface area contributed by atoms with E-state index in [0.29, 0.717) is 19.0 Å². The largest absolute Gasteiger partial charge is 0.385 e. The number of rotatable bonds is 8. The van der Waals surface area contributed by atoms with Crippen LogP contribution in [0.3, 0.4) is 0 Å². The van der Waals surface area contributed by atoms with Crippen LogP contribution in [0.1, 0.15) is 12.2 Å². The van der Waals surface area contributed by atoms with Gasteiger partial charge in [0.1, 0.15) is 17.0 Å². The lowest BCUT2D eigenvalue weighted by Gasteiger charge is -2.08. The fourth-order valence-corrected chi connectivity index (χ4v) is 2.67. The van der Waals surface area contributed by atoms with E-state index >= 15 is 0 Å². The normalized spacial score (nSPS) is 11.7. The number of hydrogen-bond acceptors (Lipinski definition) is 6. The van der Waals surface area contributed by atoms with Crippen LogP contribution in [-0.2, 0) is 27.8 Å². The second-order valence-corrected chi connectivity index (χ2v) is 6.07. The highest BCUT2D eigenvalue weighted by Gasteiger charge is 2.15. The third-order valence-electron chi connectivity index (χ3n) is 2.81. The number of ether oxygens (including phenoxy) is 1. The molecule has 1 N–H and O–H groups in total. The molecule has 0 bridgehead atoms. The van der Waals surface area contributed by atoms with Crippen LogP contribution >= 0.6 is 0 Å². The molecule has 0 aliphatic carbocycles. The minimum Gasteiger partial charge on any atom is -0.385 e. The number of nitrogens with zero attached hydrogens (tertiary/aromatic N) is 4. The number of aryl methyl sites for hydroxylation is 1. The van der Waals surface area contributed by atoms with Crippen molar-refractivity contribution < 1.29 is 13.2 Å². The molecule has 0 aliphatic heterocycles. The average Bonchev–Trinajstić information content (AvgIpc) is 2.94. The van der Waals surface area contributed by atoms with Crippen LogP contribution in [0.25, 0.3) is 0 Å². The van der Waals surface area contributed by atoms with E-state index in [1.807, 2.05) is 0 Å². The molecule has 2 rings (SSSR count). The van der Waals surface area contributed by atoms with E-state index in [4.69, 9.17) is 4.74 Å². The molecule has 114 valence electrons. The molecule has 0 spiro atoms. The summed E-state index contributed by atoms with van der Waals surface area (Å²) in [6.07, 6.45) is 5.19. The van der Waals surface area contributed by atoms with Gasteiger partial charge in [-0.05, 0) is 18.6 Å². The van der Waals surface area contributed by atoms with Crippen molar-refractivity contribution in [3.8, 4) is 0 Å². The first kappa shape index (κ1) is 15.5. The molecule has 21 heavy (non-hydrogen) atoms. The monoisotopic (exact) mass is 311 g/mol. The van der Waals surface area contributed by atoms with Crippen LogP contribution in [0, 0.1) is 0 Å². The lowest BCUT2D eigenvalue weighted by atomic mass is 10.4. The van der Waals surface area contributed by atoms with Gasteiger partial charge in [-0.25, -0.2) is 13.1 Å². The van der Waals surface area contributed by atoms with Gasteiger partial charge in [0.15, 0.2) is 0 Å². The molecule has 2 aromatic rings. The minimum absolute atomic E-state index is 0.0736. The van der Waals surface area contributed by atoms with E-state index in [1.165, 1.54) is 18.5 Å². The molecular formula is C12H17N5O3S. The first-order valence-electron chi connectivity index (χ1n) is 6.39. The second-order valence-electron chi connectivity index (χ2n) is 4.30. The molecule has 9 heteroatoms. The SMILES string of the molecule is COCCCn1cnnc1CNS(=O)(=O)c1cccnc1. The van der Waals surface area contributed by atoms with E-state index in [0.717, 1.165) is 6.42 Å². The highest BCUT2D eigenvalue weighted by Crippen LogP contribution is 2.06. The fraction of sp³-hybridized carbons (Fsp3) is 0.417. The van der Waals surface area contributed by atoms with Gasteiger partial charge in [0.2, 0.25) is 10.0 Å². The smallest absolute Gasteiger partial charge is 0.242 e. The van der Waals surface area contributed by atoms with Crippen LogP contribution in [0.2, 0.25) is 0 Å². The molecule has 0 saturated heterocycles. The molecule has 0 aromatic carbocycles. The Hall–Kier alpha value is -1.84. The number of nitrogens with one attached hydrogen (secondary N) is 1. The van der Waals surface area contributed by atoms with Crippen molar-refractivity contribution in [1.82, 2.24) is 24.5 Å². The molecule has 2 heterocycles. The molecular weight excluding hydrogens is 294 g/mol. The average molecular weight is 311 g/mol. The Labute approximate surface area is 123 Å².